The number of halogens is 1. The fourth-order valence-corrected chi connectivity index (χ4v) is 2.93. The maximum absolute atomic E-state index is 9.81. The van der Waals surface area contributed by atoms with E-state index in [0.717, 1.165) is 10.2 Å². The summed E-state index contributed by atoms with van der Waals surface area (Å²) in [5, 5.41) is 20.8. The molecule has 0 aliphatic rings. The van der Waals surface area contributed by atoms with Gasteiger partial charge in [-0.1, -0.05) is 17.7 Å². The van der Waals surface area contributed by atoms with E-state index in [4.69, 9.17) is 11.6 Å². The maximum atomic E-state index is 9.81. The third kappa shape index (κ3) is 1.79. The number of hydrogen-bond donors (Lipinski definition) is 2. The highest BCUT2D eigenvalue weighted by atomic mass is 35.5. The molecule has 3 nitrogen and oxygen atoms in total. The topological polar surface area (TPSA) is 53.4 Å². The standard InChI is InChI=1S/C13H8ClNO2S/c14-7-4-5-11-8(6-7)15-13(18-11)12-9(16)2-1-3-10(12)17/h1-6,16-17H. The minimum absolute atomic E-state index is 0.0140. The number of fused-ring (bicyclic) bond motifs is 1. The fraction of sp³-hybridized carbons (Fsp3) is 0. The molecule has 0 aliphatic carbocycles. The Bertz CT molecular complexity index is 719. The number of aromatic nitrogens is 1. The Kier molecular flexibility index (Phi) is 2.61. The molecule has 3 aromatic rings. The van der Waals surface area contributed by atoms with Crippen molar-refractivity contribution in [3.05, 3.63) is 41.4 Å². The average Bonchev–Trinajstić information content (AvgIpc) is 2.71. The molecule has 90 valence electrons. The molecule has 0 amide bonds. The van der Waals surface area contributed by atoms with Crippen LogP contribution in [0.25, 0.3) is 20.8 Å². The predicted octanol–water partition coefficient (Wildman–Crippen LogP) is 4.03. The first-order chi connectivity index (χ1) is 8.65. The lowest BCUT2D eigenvalue weighted by atomic mass is 10.2. The molecule has 0 saturated heterocycles. The van der Waals surface area contributed by atoms with Crippen molar-refractivity contribution in [1.82, 2.24) is 4.98 Å². The van der Waals surface area contributed by atoms with Crippen LogP contribution in [0.3, 0.4) is 0 Å². The number of phenolic OH excluding ortho intramolecular Hbond substituents is 2. The summed E-state index contributed by atoms with van der Waals surface area (Å²) < 4.78 is 0.956. The molecule has 3 rings (SSSR count). The van der Waals surface area contributed by atoms with Gasteiger partial charge in [-0.3, -0.25) is 0 Å². The van der Waals surface area contributed by atoms with Crippen molar-refractivity contribution in [2.75, 3.05) is 0 Å². The first kappa shape index (κ1) is 11.3. The van der Waals surface area contributed by atoms with Crippen LogP contribution >= 0.6 is 22.9 Å². The number of rotatable bonds is 1. The van der Waals surface area contributed by atoms with E-state index in [1.807, 2.05) is 6.07 Å². The Balaban J connectivity index is 2.26. The highest BCUT2D eigenvalue weighted by molar-refractivity contribution is 7.21. The Morgan fingerprint density at radius 1 is 1.06 bits per heavy atom. The van der Waals surface area contributed by atoms with Crippen molar-refractivity contribution in [3.63, 3.8) is 0 Å². The van der Waals surface area contributed by atoms with Crippen molar-refractivity contribution in [1.29, 1.82) is 0 Å². The van der Waals surface area contributed by atoms with Crippen LogP contribution in [0.5, 0.6) is 11.5 Å². The van der Waals surface area contributed by atoms with Gasteiger partial charge in [0.15, 0.2) is 0 Å². The summed E-state index contributed by atoms with van der Waals surface area (Å²) in [5.74, 6) is 0.0281. The molecule has 1 aromatic heterocycles. The molecule has 0 saturated carbocycles. The number of thiazole rings is 1. The van der Waals surface area contributed by atoms with Gasteiger partial charge in [-0.15, -0.1) is 11.3 Å². The molecule has 0 spiro atoms. The van der Waals surface area contributed by atoms with Crippen LogP contribution in [0.4, 0.5) is 0 Å². The van der Waals surface area contributed by atoms with E-state index >= 15 is 0 Å². The Morgan fingerprint density at radius 2 is 1.78 bits per heavy atom. The van der Waals surface area contributed by atoms with Gasteiger partial charge in [0.05, 0.1) is 15.8 Å². The predicted molar refractivity (Wildman–Crippen MR) is 73.4 cm³/mol. The molecule has 18 heavy (non-hydrogen) atoms. The van der Waals surface area contributed by atoms with Gasteiger partial charge in [-0.25, -0.2) is 4.98 Å². The van der Waals surface area contributed by atoms with Crippen molar-refractivity contribution in [2.24, 2.45) is 0 Å². The van der Waals surface area contributed by atoms with Gasteiger partial charge >= 0.3 is 0 Å². The monoisotopic (exact) mass is 277 g/mol. The van der Waals surface area contributed by atoms with Gasteiger partial charge in [-0.05, 0) is 30.3 Å². The molecule has 0 fully saturated rings. The van der Waals surface area contributed by atoms with Crippen molar-refractivity contribution in [2.45, 2.75) is 0 Å². The molecular weight excluding hydrogens is 270 g/mol. The Hall–Kier alpha value is -1.78. The van der Waals surface area contributed by atoms with E-state index in [1.165, 1.54) is 23.5 Å². The second-order valence-electron chi connectivity index (χ2n) is 3.80. The van der Waals surface area contributed by atoms with Gasteiger partial charge in [-0.2, -0.15) is 0 Å². The summed E-state index contributed by atoms with van der Waals surface area (Å²) in [5.41, 5.74) is 1.11. The molecule has 0 bridgehead atoms. The van der Waals surface area contributed by atoms with Crippen LogP contribution in [0.2, 0.25) is 5.02 Å². The molecule has 2 aromatic carbocycles. The van der Waals surface area contributed by atoms with E-state index in [9.17, 15) is 10.2 Å². The third-order valence-corrected chi connectivity index (χ3v) is 3.87. The van der Waals surface area contributed by atoms with Gasteiger partial charge in [0.25, 0.3) is 0 Å². The summed E-state index contributed by atoms with van der Waals surface area (Å²) in [7, 11) is 0. The zero-order chi connectivity index (χ0) is 12.7. The molecule has 0 atom stereocenters. The minimum atomic E-state index is 0.0140. The van der Waals surface area contributed by atoms with E-state index in [1.54, 1.807) is 18.2 Å². The number of aromatic hydroxyl groups is 2. The van der Waals surface area contributed by atoms with Crippen LogP contribution in [0.15, 0.2) is 36.4 Å². The molecular formula is C13H8ClNO2S. The van der Waals surface area contributed by atoms with Crippen molar-refractivity contribution >= 4 is 33.2 Å². The smallest absolute Gasteiger partial charge is 0.132 e. The number of benzene rings is 2. The molecule has 0 unspecified atom stereocenters. The zero-order valence-corrected chi connectivity index (χ0v) is 10.7. The van der Waals surface area contributed by atoms with Crippen molar-refractivity contribution in [3.8, 4) is 22.1 Å². The Morgan fingerprint density at radius 3 is 2.50 bits per heavy atom. The van der Waals surface area contributed by atoms with E-state index < -0.39 is 0 Å². The maximum Gasteiger partial charge on any atom is 0.132 e. The molecule has 1 heterocycles. The SMILES string of the molecule is Oc1cccc(O)c1-c1nc2cc(Cl)ccc2s1. The highest BCUT2D eigenvalue weighted by Gasteiger charge is 2.14. The van der Waals surface area contributed by atoms with Crippen LogP contribution in [-0.2, 0) is 0 Å². The zero-order valence-electron chi connectivity index (χ0n) is 9.09. The van der Waals surface area contributed by atoms with Crippen LogP contribution in [0.1, 0.15) is 0 Å². The number of phenols is 2. The summed E-state index contributed by atoms with van der Waals surface area (Å²) in [4.78, 5) is 4.38. The van der Waals surface area contributed by atoms with Crippen LogP contribution in [0, 0.1) is 0 Å². The van der Waals surface area contributed by atoms with Crippen LogP contribution < -0.4 is 0 Å². The summed E-state index contributed by atoms with van der Waals surface area (Å²) in [6, 6.07) is 10.0. The molecule has 0 aliphatic heterocycles. The third-order valence-electron chi connectivity index (χ3n) is 2.58. The summed E-state index contributed by atoms with van der Waals surface area (Å²) >= 11 is 7.30. The second-order valence-corrected chi connectivity index (χ2v) is 5.27. The van der Waals surface area contributed by atoms with E-state index in [-0.39, 0.29) is 11.5 Å². The second kappa shape index (κ2) is 4.15. The first-order valence-corrected chi connectivity index (χ1v) is 6.42. The Labute approximate surface area is 112 Å². The van der Waals surface area contributed by atoms with E-state index in [2.05, 4.69) is 4.98 Å². The lowest BCUT2D eigenvalue weighted by Gasteiger charge is -2.02. The van der Waals surface area contributed by atoms with E-state index in [0.29, 0.717) is 15.6 Å². The minimum Gasteiger partial charge on any atom is -0.507 e. The highest BCUT2D eigenvalue weighted by Crippen LogP contribution is 2.40. The molecule has 0 radical (unpaired) electrons. The van der Waals surface area contributed by atoms with Crippen molar-refractivity contribution < 1.29 is 10.2 Å². The normalized spacial score (nSPS) is 10.9. The summed E-state index contributed by atoms with van der Waals surface area (Å²) in [6.45, 7) is 0. The summed E-state index contributed by atoms with van der Waals surface area (Å²) in [6.07, 6.45) is 0. The quantitative estimate of drug-likeness (QED) is 0.706. The van der Waals surface area contributed by atoms with Gasteiger partial charge in [0, 0.05) is 5.02 Å². The van der Waals surface area contributed by atoms with Gasteiger partial charge < -0.3 is 10.2 Å². The van der Waals surface area contributed by atoms with Gasteiger partial charge in [0.2, 0.25) is 0 Å². The average molecular weight is 278 g/mol. The van der Waals surface area contributed by atoms with Crippen LogP contribution in [-0.4, -0.2) is 15.2 Å². The molecule has 5 heteroatoms. The molecule has 2 N–H and O–H groups in total. The lowest BCUT2D eigenvalue weighted by molar-refractivity contribution is 0.454. The largest absolute Gasteiger partial charge is 0.507 e. The fourth-order valence-electron chi connectivity index (χ4n) is 1.75. The first-order valence-electron chi connectivity index (χ1n) is 5.22. The number of hydrogen-bond acceptors (Lipinski definition) is 4. The lowest BCUT2D eigenvalue weighted by Crippen LogP contribution is -1.78. The number of nitrogens with zero attached hydrogens (tertiary/aromatic N) is 1. The van der Waals surface area contributed by atoms with Gasteiger partial charge in [0.1, 0.15) is 16.5 Å².